The molecule has 0 saturated heterocycles. The number of rotatable bonds is 57. The summed E-state index contributed by atoms with van der Waals surface area (Å²) in [6, 6.07) is 0. The van der Waals surface area contributed by atoms with Crippen LogP contribution < -0.4 is 0 Å². The summed E-state index contributed by atoms with van der Waals surface area (Å²) >= 11 is 0. The van der Waals surface area contributed by atoms with Crippen molar-refractivity contribution in [2.24, 2.45) is 0 Å². The van der Waals surface area contributed by atoms with E-state index < -0.39 is 6.10 Å². The van der Waals surface area contributed by atoms with Crippen molar-refractivity contribution in [2.45, 2.75) is 290 Å². The molecule has 0 rings (SSSR count). The van der Waals surface area contributed by atoms with E-state index in [-0.39, 0.29) is 31.1 Å². The molecule has 78 heavy (non-hydrogen) atoms. The Balaban J connectivity index is 4.06. The minimum absolute atomic E-state index is 0.0852. The number of carbonyl (C=O) groups excluding carboxylic acids is 3. The van der Waals surface area contributed by atoms with Crippen LogP contribution in [0.1, 0.15) is 284 Å². The van der Waals surface area contributed by atoms with Crippen molar-refractivity contribution in [1.82, 2.24) is 0 Å². The Morgan fingerprint density at radius 3 is 0.782 bits per heavy atom. The predicted molar refractivity (Wildman–Crippen MR) is 339 cm³/mol. The maximum Gasteiger partial charge on any atom is 0.306 e. The van der Waals surface area contributed by atoms with Crippen LogP contribution in [0.3, 0.4) is 0 Å². The molecule has 0 aliphatic heterocycles. The average Bonchev–Trinajstić information content (AvgIpc) is 3.44. The summed E-state index contributed by atoms with van der Waals surface area (Å²) in [5.74, 6) is -0.908. The third-order valence-electron chi connectivity index (χ3n) is 13.4. The zero-order valence-corrected chi connectivity index (χ0v) is 50.6. The van der Waals surface area contributed by atoms with Gasteiger partial charge in [-0.15, -0.1) is 0 Å². The number of hydrogen-bond donors (Lipinski definition) is 0. The maximum atomic E-state index is 12.8. The van der Waals surface area contributed by atoms with Gasteiger partial charge in [0.15, 0.2) is 6.10 Å². The highest BCUT2D eigenvalue weighted by molar-refractivity contribution is 5.71. The van der Waals surface area contributed by atoms with Gasteiger partial charge in [-0.25, -0.2) is 0 Å². The molecule has 1 atom stereocenters. The van der Waals surface area contributed by atoms with E-state index in [0.29, 0.717) is 19.3 Å². The van der Waals surface area contributed by atoms with Crippen LogP contribution in [0, 0.1) is 0 Å². The molecule has 0 radical (unpaired) electrons. The average molecular weight is 1080 g/mol. The summed E-state index contributed by atoms with van der Waals surface area (Å²) in [7, 11) is 0. The molecular formula is C72H118O6. The van der Waals surface area contributed by atoms with E-state index in [4.69, 9.17) is 14.2 Å². The Hall–Kier alpha value is -4.45. The molecule has 0 aromatic heterocycles. The van der Waals surface area contributed by atoms with Crippen LogP contribution in [-0.2, 0) is 28.6 Å². The number of carbonyl (C=O) groups is 3. The van der Waals surface area contributed by atoms with E-state index in [1.54, 1.807) is 0 Å². The third-order valence-corrected chi connectivity index (χ3v) is 13.4. The van der Waals surface area contributed by atoms with Gasteiger partial charge in [0.05, 0.1) is 0 Å². The van der Waals surface area contributed by atoms with Crippen LogP contribution in [0.25, 0.3) is 0 Å². The fourth-order valence-corrected chi connectivity index (χ4v) is 8.65. The van der Waals surface area contributed by atoms with Gasteiger partial charge in [0, 0.05) is 19.3 Å². The molecule has 1 unspecified atom stereocenters. The van der Waals surface area contributed by atoms with Gasteiger partial charge in [0.2, 0.25) is 0 Å². The molecule has 0 saturated carbocycles. The van der Waals surface area contributed by atoms with Crippen LogP contribution >= 0.6 is 0 Å². The minimum atomic E-state index is -0.786. The molecule has 0 aliphatic rings. The molecule has 442 valence electrons. The predicted octanol–water partition coefficient (Wildman–Crippen LogP) is 22.2. The number of unbranched alkanes of at least 4 members (excludes halogenated alkanes) is 24. The topological polar surface area (TPSA) is 78.9 Å². The minimum Gasteiger partial charge on any atom is -0.462 e. The second-order valence-electron chi connectivity index (χ2n) is 20.9. The molecular weight excluding hydrogens is 961 g/mol. The van der Waals surface area contributed by atoms with Crippen molar-refractivity contribution in [3.63, 3.8) is 0 Å². The van der Waals surface area contributed by atoms with Crippen LogP contribution in [0.4, 0.5) is 0 Å². The first-order valence-corrected chi connectivity index (χ1v) is 32.2. The highest BCUT2D eigenvalue weighted by Gasteiger charge is 2.19. The van der Waals surface area contributed by atoms with Gasteiger partial charge in [0.25, 0.3) is 0 Å². The largest absolute Gasteiger partial charge is 0.462 e. The van der Waals surface area contributed by atoms with Crippen LogP contribution in [0.15, 0.2) is 134 Å². The van der Waals surface area contributed by atoms with Gasteiger partial charge < -0.3 is 14.2 Å². The fraction of sp³-hybridized carbons (Fsp3) is 0.653. The molecule has 0 aromatic carbocycles. The summed E-state index contributed by atoms with van der Waals surface area (Å²) in [6.45, 7) is 6.34. The number of ether oxygens (including phenoxy) is 3. The number of hydrogen-bond acceptors (Lipinski definition) is 6. The van der Waals surface area contributed by atoms with Gasteiger partial charge in [-0.05, 0) is 116 Å². The van der Waals surface area contributed by atoms with Crippen molar-refractivity contribution in [2.75, 3.05) is 13.2 Å². The van der Waals surface area contributed by atoms with Crippen molar-refractivity contribution >= 4 is 17.9 Å². The van der Waals surface area contributed by atoms with Gasteiger partial charge in [0.1, 0.15) is 13.2 Å². The lowest BCUT2D eigenvalue weighted by atomic mass is 10.0. The lowest BCUT2D eigenvalue weighted by Crippen LogP contribution is -2.30. The molecule has 0 fully saturated rings. The molecule has 0 aromatic rings. The van der Waals surface area contributed by atoms with Gasteiger partial charge in [-0.3, -0.25) is 14.4 Å². The molecule has 6 nitrogen and oxygen atoms in total. The first-order chi connectivity index (χ1) is 38.5. The normalized spacial score (nSPS) is 13.0. The highest BCUT2D eigenvalue weighted by atomic mass is 16.6. The maximum absolute atomic E-state index is 12.8. The van der Waals surface area contributed by atoms with Gasteiger partial charge >= 0.3 is 17.9 Å². The van der Waals surface area contributed by atoms with Crippen LogP contribution in [0.5, 0.6) is 0 Å². The van der Waals surface area contributed by atoms with E-state index in [0.717, 1.165) is 141 Å². The van der Waals surface area contributed by atoms with E-state index in [1.807, 2.05) is 0 Å². The molecule has 0 amide bonds. The first-order valence-electron chi connectivity index (χ1n) is 32.2. The van der Waals surface area contributed by atoms with Crippen molar-refractivity contribution in [1.29, 1.82) is 0 Å². The van der Waals surface area contributed by atoms with Crippen molar-refractivity contribution in [3.05, 3.63) is 134 Å². The second kappa shape index (κ2) is 65.1. The van der Waals surface area contributed by atoms with E-state index in [9.17, 15) is 14.4 Å². The quantitative estimate of drug-likeness (QED) is 0.0261. The Bertz CT molecular complexity index is 1670. The van der Waals surface area contributed by atoms with Crippen LogP contribution in [0.2, 0.25) is 0 Å². The molecule has 6 heteroatoms. The van der Waals surface area contributed by atoms with Crippen molar-refractivity contribution in [3.8, 4) is 0 Å². The van der Waals surface area contributed by atoms with Crippen LogP contribution in [-0.4, -0.2) is 37.2 Å². The fourth-order valence-electron chi connectivity index (χ4n) is 8.65. The van der Waals surface area contributed by atoms with E-state index >= 15 is 0 Å². The van der Waals surface area contributed by atoms with Gasteiger partial charge in [-0.1, -0.05) is 283 Å². The summed E-state index contributed by atoms with van der Waals surface area (Å²) in [4.78, 5) is 38.0. The molecule has 0 bridgehead atoms. The molecule has 0 N–H and O–H groups in total. The highest BCUT2D eigenvalue weighted by Crippen LogP contribution is 2.16. The SMILES string of the molecule is CC/C=C\C/C=C\C/C=C\C/C=C\C/C=C\C/C=C\C/C=C\CCCCCCCCCCCCCCCC(=O)OCC(COC(=O)CCCCCCCC)OC(=O)CCCCCCCC/C=C\C/C=C\C/C=C\C/C=C\CC. The Labute approximate surface area is 481 Å². The lowest BCUT2D eigenvalue weighted by Gasteiger charge is -2.18. The Kier molecular flexibility index (Phi) is 61.4. The molecule has 0 heterocycles. The number of esters is 3. The first kappa shape index (κ1) is 73.5. The summed E-state index contributed by atoms with van der Waals surface area (Å²) in [5, 5.41) is 0. The van der Waals surface area contributed by atoms with Gasteiger partial charge in [-0.2, -0.15) is 0 Å². The Morgan fingerprint density at radius 1 is 0.269 bits per heavy atom. The smallest absolute Gasteiger partial charge is 0.306 e. The second-order valence-corrected chi connectivity index (χ2v) is 20.9. The standard InChI is InChI=1S/C72H118O6/c1-4-7-10-13-16-18-20-22-24-26-28-29-30-31-32-33-34-35-36-37-38-39-40-41-42-43-45-46-48-50-52-54-56-59-62-65-71(74)77-68-69(67-76-70(73)64-61-58-15-12-9-6-3)78-72(75)66-63-60-57-55-53-51-49-47-44-27-25-23-21-19-17-14-11-8-5-2/h7-8,10-11,16-19,22-25,28-29,31-32,34-35,37-38,44,47,69H,4-6,9,12-15,20-21,26-27,30,33,36,39-43,45-46,48-68H2,1-3H3/b10-7-,11-8-,18-16-,19-17-,24-22-,25-23-,29-28-,32-31-,35-34-,38-37-,47-44-. The summed E-state index contributed by atoms with van der Waals surface area (Å²) in [5.41, 5.74) is 0. The van der Waals surface area contributed by atoms with E-state index in [2.05, 4.69) is 154 Å². The Morgan fingerprint density at radius 2 is 0.500 bits per heavy atom. The number of allylic oxidation sites excluding steroid dienone is 22. The molecule has 0 spiro atoms. The summed E-state index contributed by atoms with van der Waals surface area (Å²) < 4.78 is 16.8. The lowest BCUT2D eigenvalue weighted by molar-refractivity contribution is -0.167. The zero-order chi connectivity index (χ0) is 56.4. The monoisotopic (exact) mass is 1080 g/mol. The van der Waals surface area contributed by atoms with Crippen molar-refractivity contribution < 1.29 is 28.6 Å². The third kappa shape index (κ3) is 62.4. The molecule has 0 aliphatic carbocycles. The van der Waals surface area contributed by atoms with E-state index in [1.165, 1.54) is 103 Å². The zero-order valence-electron chi connectivity index (χ0n) is 50.6. The summed E-state index contributed by atoms with van der Waals surface area (Å²) in [6.07, 6.45) is 92.1.